The maximum atomic E-state index is 11.8. The first-order chi connectivity index (χ1) is 40.1. The Morgan fingerprint density at radius 3 is 0.631 bits per heavy atom. The molecule has 21 heterocycles. The number of rotatable bonds is 9. The zero-order valence-corrected chi connectivity index (χ0v) is 46.1. The summed E-state index contributed by atoms with van der Waals surface area (Å²) in [5.41, 5.74) is 0. The average molecular weight is 1340 g/mol. The average Bonchev–Trinajstić information content (AvgIpc) is 3.48. The van der Waals surface area contributed by atoms with Crippen molar-refractivity contribution in [3.63, 3.8) is 0 Å². The summed E-state index contributed by atoms with van der Waals surface area (Å²) in [6.45, 7) is -6.81. The standard InChI is InChI=1S/C48H73IO35/c49-12-1-3-13(4-2-12)70-11-20-41-27(62)34(69)48(77-20)83-40-19(10-55)75-46(32(67)25(40)60)81-38-17(8-53)73-44(30(65)23(38)58)79-36-15(6-51)71-42(28(63)21(36)56)78-35-14(5-50)72-43(29(64)22(35)57)80-37-16(7-52)74-45(31(66)24(37)59)82-39-18(9-54)76-47(84-41)33(68)26(39)61/h1-4,14-48,50-69H,5-11H2/t14-,15-,16-,17-,18-,19-,20-,21-,22-,23-,24-,25-,26-,27-,28-,29-,30-,31-,32-,33-,34-,35-,36-,37-,38-,39-,40-,41-,42-,43-,44-,45-,46-,47-,48-/m1/s1. The number of hydrogen-bond acceptors (Lipinski definition) is 35. The van der Waals surface area contributed by atoms with E-state index in [0.29, 0.717) is 0 Å². The summed E-state index contributed by atoms with van der Waals surface area (Å²) in [6.07, 6.45) is -69.9. The van der Waals surface area contributed by atoms with Crippen molar-refractivity contribution in [1.29, 1.82) is 0 Å². The molecule has 21 saturated heterocycles. The second-order valence-electron chi connectivity index (χ2n) is 21.2. The summed E-state index contributed by atoms with van der Waals surface area (Å²) in [4.78, 5) is 0. The highest BCUT2D eigenvalue weighted by atomic mass is 127. The van der Waals surface area contributed by atoms with Gasteiger partial charge in [-0.1, -0.05) is 0 Å². The molecule has 84 heavy (non-hydrogen) atoms. The van der Waals surface area contributed by atoms with Gasteiger partial charge in [0.15, 0.2) is 44.0 Å². The van der Waals surface area contributed by atoms with Crippen molar-refractivity contribution in [2.24, 2.45) is 0 Å². The Balaban J connectivity index is 1.02. The molecule has 0 spiro atoms. The fourth-order valence-electron chi connectivity index (χ4n) is 11.1. The van der Waals surface area contributed by atoms with Crippen LogP contribution in [0.25, 0.3) is 0 Å². The van der Waals surface area contributed by atoms with E-state index >= 15 is 0 Å². The summed E-state index contributed by atoms with van der Waals surface area (Å²) in [7, 11) is 0. The number of ether oxygens (including phenoxy) is 15. The molecule has 21 aliphatic rings. The number of benzene rings is 1. The van der Waals surface area contributed by atoms with Crippen molar-refractivity contribution in [1.82, 2.24) is 0 Å². The summed E-state index contributed by atoms with van der Waals surface area (Å²) in [5, 5.41) is 223. The molecule has 0 radical (unpaired) electrons. The maximum Gasteiger partial charge on any atom is 0.187 e. The minimum Gasteiger partial charge on any atom is -0.491 e. The smallest absolute Gasteiger partial charge is 0.187 e. The van der Waals surface area contributed by atoms with E-state index in [0.717, 1.165) is 3.57 Å². The lowest BCUT2D eigenvalue weighted by Gasteiger charge is -2.50. The van der Waals surface area contributed by atoms with Crippen LogP contribution in [0.3, 0.4) is 0 Å². The van der Waals surface area contributed by atoms with Crippen LogP contribution < -0.4 is 4.74 Å². The quantitative estimate of drug-likeness (QED) is 0.102. The topological polar surface area (TPSA) is 543 Å². The number of aliphatic hydroxyl groups excluding tert-OH is 20. The molecule has 21 fully saturated rings. The molecular weight excluding hydrogens is 1260 g/mol. The van der Waals surface area contributed by atoms with Gasteiger partial charge in [-0.15, -0.1) is 0 Å². The number of halogens is 1. The van der Waals surface area contributed by atoms with Crippen molar-refractivity contribution in [3.05, 3.63) is 27.8 Å². The van der Waals surface area contributed by atoms with E-state index in [9.17, 15) is 102 Å². The van der Waals surface area contributed by atoms with E-state index in [2.05, 4.69) is 0 Å². The van der Waals surface area contributed by atoms with E-state index < -0.39 is 261 Å². The van der Waals surface area contributed by atoms with Crippen LogP contribution in [0.1, 0.15) is 0 Å². The first-order valence-corrected chi connectivity index (χ1v) is 27.9. The molecule has 0 aliphatic carbocycles. The molecule has 0 unspecified atom stereocenters. The van der Waals surface area contributed by atoms with Crippen LogP contribution in [-0.4, -0.2) is 363 Å². The lowest BCUT2D eigenvalue weighted by molar-refractivity contribution is -0.396. The van der Waals surface area contributed by atoms with Crippen molar-refractivity contribution in [3.8, 4) is 5.75 Å². The molecule has 14 bridgehead atoms. The van der Waals surface area contributed by atoms with Crippen LogP contribution in [0, 0.1) is 3.57 Å². The van der Waals surface area contributed by atoms with E-state index in [1.165, 1.54) is 0 Å². The summed E-state index contributed by atoms with van der Waals surface area (Å²) >= 11 is 2.04. The zero-order valence-electron chi connectivity index (χ0n) is 43.9. The van der Waals surface area contributed by atoms with Crippen molar-refractivity contribution in [2.75, 3.05) is 46.2 Å². The summed E-state index contributed by atoms with van der Waals surface area (Å²) < 4.78 is 87.9. The highest BCUT2D eigenvalue weighted by Gasteiger charge is 2.59. The Morgan fingerprint density at radius 2 is 0.440 bits per heavy atom. The fraction of sp³-hybridized carbons (Fsp3) is 0.875. The van der Waals surface area contributed by atoms with Gasteiger partial charge in [0.05, 0.1) is 39.6 Å². The minimum atomic E-state index is -2.21. The Labute approximate surface area is 489 Å². The number of hydrogen-bond donors (Lipinski definition) is 20. The van der Waals surface area contributed by atoms with Gasteiger partial charge in [-0.3, -0.25) is 0 Å². The first-order valence-electron chi connectivity index (χ1n) is 26.8. The molecule has 1 aromatic carbocycles. The summed E-state index contributed by atoms with van der Waals surface area (Å²) in [6, 6.07) is 6.50. The van der Waals surface area contributed by atoms with Gasteiger partial charge in [0.25, 0.3) is 0 Å². The van der Waals surface area contributed by atoms with Gasteiger partial charge in [-0.25, -0.2) is 0 Å². The zero-order chi connectivity index (χ0) is 60.7. The second-order valence-corrected chi connectivity index (χ2v) is 22.5. The van der Waals surface area contributed by atoms with E-state index in [-0.39, 0.29) is 5.75 Å². The third-order valence-electron chi connectivity index (χ3n) is 15.8. The van der Waals surface area contributed by atoms with Crippen molar-refractivity contribution in [2.45, 2.75) is 215 Å². The highest BCUT2D eigenvalue weighted by molar-refractivity contribution is 14.1. The summed E-state index contributed by atoms with van der Waals surface area (Å²) in [5.74, 6) is 0.241. The van der Waals surface area contributed by atoms with Crippen LogP contribution in [0.4, 0.5) is 0 Å². The van der Waals surface area contributed by atoms with E-state index in [1.54, 1.807) is 24.3 Å². The van der Waals surface area contributed by atoms with Gasteiger partial charge in [0.1, 0.15) is 183 Å². The van der Waals surface area contributed by atoms with Gasteiger partial charge >= 0.3 is 0 Å². The molecule has 1 aromatic rings. The molecule has 0 amide bonds. The van der Waals surface area contributed by atoms with Crippen LogP contribution >= 0.6 is 22.6 Å². The molecule has 35 atom stereocenters. The molecule has 20 N–H and O–H groups in total. The molecule has 482 valence electrons. The van der Waals surface area contributed by atoms with Gasteiger partial charge < -0.3 is 173 Å². The second kappa shape index (κ2) is 28.7. The van der Waals surface area contributed by atoms with E-state index in [4.69, 9.17) is 71.1 Å². The first kappa shape index (κ1) is 66.8. The largest absolute Gasteiger partial charge is 0.491 e. The van der Waals surface area contributed by atoms with Crippen LogP contribution in [0.5, 0.6) is 5.75 Å². The molecule has 35 nitrogen and oxygen atoms in total. The Kier molecular flexibility index (Phi) is 22.8. The van der Waals surface area contributed by atoms with Gasteiger partial charge in [-0.2, -0.15) is 0 Å². The fourth-order valence-corrected chi connectivity index (χ4v) is 11.5. The van der Waals surface area contributed by atoms with Crippen LogP contribution in [0.2, 0.25) is 0 Å². The molecule has 36 heteroatoms. The monoisotopic (exact) mass is 1340 g/mol. The molecule has 22 rings (SSSR count). The normalized spacial score (nSPS) is 51.7. The Hall–Kier alpha value is -1.61. The lowest BCUT2D eigenvalue weighted by atomic mass is 9.95. The van der Waals surface area contributed by atoms with Crippen LogP contribution in [0.15, 0.2) is 24.3 Å². The lowest BCUT2D eigenvalue weighted by Crippen LogP contribution is -2.68. The highest BCUT2D eigenvalue weighted by Crippen LogP contribution is 2.39. The minimum absolute atomic E-state index is 0.241. The van der Waals surface area contributed by atoms with Crippen molar-refractivity contribution >= 4 is 22.6 Å². The molecular formula is C48H73IO35. The predicted molar refractivity (Wildman–Crippen MR) is 266 cm³/mol. The molecule has 0 aromatic heterocycles. The Bertz CT molecular complexity index is 2180. The Morgan fingerprint density at radius 1 is 0.262 bits per heavy atom. The molecule has 0 saturated carbocycles. The van der Waals surface area contributed by atoms with Crippen molar-refractivity contribution < 1.29 is 173 Å². The SMILES string of the molecule is OC[C@H]1O[C@@H]2O[C@H]3[C@H](O)[C@@H](O)[C@@H](O[C@H]4[C@H](O)[C@@H](O)[C@@H](O[C@H]5[C@H](O)[C@@H](O)[C@@H](O[C@H]6[C@H](O)[C@@H](O)[C@@H](O[C@H]7[C@H](O)[C@@H](O)[C@@H](O[C@H]8[C@H](O)[C@@H](O)[C@@H](O[C@H]1[C@H](O)[C@H]2O)O[C@@H]8CO)O[C@@H]7CO)O[C@@H]6CO)O[C@@H]5COc1ccc(I)cc1)O[C@@H]4CO)O[C@@H]3CO. The third kappa shape index (κ3) is 13.5. The number of aliphatic hydroxyl groups is 20. The third-order valence-corrected chi connectivity index (χ3v) is 16.6. The van der Waals surface area contributed by atoms with E-state index in [1.807, 2.05) is 22.6 Å². The van der Waals surface area contributed by atoms with Gasteiger partial charge in [0, 0.05) is 3.57 Å². The van der Waals surface area contributed by atoms with Crippen LogP contribution in [-0.2, 0) is 66.3 Å². The molecule has 21 aliphatic heterocycles. The van der Waals surface area contributed by atoms with Gasteiger partial charge in [0.2, 0.25) is 0 Å². The van der Waals surface area contributed by atoms with Gasteiger partial charge in [-0.05, 0) is 46.9 Å². The maximum absolute atomic E-state index is 11.8. The predicted octanol–water partition coefficient (Wildman–Crippen LogP) is -12.5.